The van der Waals surface area contributed by atoms with Crippen molar-refractivity contribution in [2.45, 2.75) is 6.04 Å². The van der Waals surface area contributed by atoms with Crippen LogP contribution in [0.15, 0.2) is 179 Å². The average molecular weight is 655 g/mol. The molecule has 0 saturated heterocycles. The van der Waals surface area contributed by atoms with Crippen molar-refractivity contribution < 1.29 is 4.42 Å². The van der Waals surface area contributed by atoms with Crippen molar-refractivity contribution in [1.82, 2.24) is 14.5 Å². The second kappa shape index (κ2) is 10.8. The van der Waals surface area contributed by atoms with Gasteiger partial charge < -0.3 is 14.3 Å². The van der Waals surface area contributed by atoms with E-state index in [1.54, 1.807) is 0 Å². The number of fused-ring (bicyclic) bond motifs is 11. The molecular weight excluding hydrogens is 625 g/mol. The summed E-state index contributed by atoms with van der Waals surface area (Å²) in [6.45, 7) is 0. The van der Waals surface area contributed by atoms with Gasteiger partial charge in [0.2, 0.25) is 5.96 Å². The van der Waals surface area contributed by atoms with Crippen molar-refractivity contribution in [3.63, 3.8) is 0 Å². The predicted octanol–water partition coefficient (Wildman–Crippen LogP) is 11.4. The zero-order valence-electron chi connectivity index (χ0n) is 27.5. The second-order valence-electron chi connectivity index (χ2n) is 13.2. The Bertz CT molecular complexity index is 3040. The van der Waals surface area contributed by atoms with Crippen LogP contribution < -0.4 is 5.32 Å². The molecule has 1 aliphatic heterocycles. The van der Waals surface area contributed by atoms with Gasteiger partial charge in [0.15, 0.2) is 0 Å². The lowest BCUT2D eigenvalue weighted by molar-refractivity contribution is 0.673. The minimum Gasteiger partial charge on any atom is -0.455 e. The van der Waals surface area contributed by atoms with Crippen molar-refractivity contribution in [1.29, 1.82) is 0 Å². The molecular formula is C46H30N4O. The summed E-state index contributed by atoms with van der Waals surface area (Å²) in [5.41, 5.74) is 10.5. The maximum Gasteiger partial charge on any atom is 0.209 e. The maximum atomic E-state index is 6.74. The van der Waals surface area contributed by atoms with Crippen LogP contribution in [0.2, 0.25) is 0 Å². The number of hydrogen-bond acceptors (Lipinski definition) is 3. The molecule has 1 unspecified atom stereocenters. The minimum atomic E-state index is -0.0961. The monoisotopic (exact) mass is 654 g/mol. The summed E-state index contributed by atoms with van der Waals surface area (Å²) in [5.74, 6) is 0.768. The lowest BCUT2D eigenvalue weighted by Gasteiger charge is -2.25. The Labute approximate surface area is 293 Å². The van der Waals surface area contributed by atoms with Crippen molar-refractivity contribution in [3.05, 3.63) is 181 Å². The Morgan fingerprint density at radius 2 is 1.16 bits per heavy atom. The largest absolute Gasteiger partial charge is 0.455 e. The van der Waals surface area contributed by atoms with Gasteiger partial charge in [-0.15, -0.1) is 0 Å². The van der Waals surface area contributed by atoms with Gasteiger partial charge in [-0.3, -0.25) is 4.57 Å². The molecule has 11 rings (SSSR count). The molecule has 0 spiro atoms. The van der Waals surface area contributed by atoms with Crippen LogP contribution in [-0.2, 0) is 0 Å². The predicted molar refractivity (Wildman–Crippen MR) is 211 cm³/mol. The standard InChI is InChI=1S/C46H30N4O/c1-4-14-29(15-5-1)36-28-37(30-16-6-2-7-17-30)48-46(47-36)50-40-26-24-33-32-20-11-13-23-41(32)51-45(33)43(40)35-25-27-39-42(44(35)50)34-21-10-12-22-38(34)49(39)31-18-8-3-9-19-31/h1-28,36H,(H,47,48). The fourth-order valence-corrected chi connectivity index (χ4v) is 8.14. The number of furan rings is 1. The van der Waals surface area contributed by atoms with E-state index in [-0.39, 0.29) is 6.04 Å². The SMILES string of the molecule is C1=C(c2ccccc2)N=C(n2c3ccc4c5ccccc5oc4c3c3ccc4c(c5ccccc5n4-c4ccccc4)c32)NC1c1ccccc1. The molecule has 5 nitrogen and oxygen atoms in total. The quantitative estimate of drug-likeness (QED) is 0.206. The van der Waals surface area contributed by atoms with Crippen LogP contribution in [-0.4, -0.2) is 15.1 Å². The van der Waals surface area contributed by atoms with E-state index >= 15 is 0 Å². The van der Waals surface area contributed by atoms with E-state index in [1.165, 1.54) is 16.3 Å². The highest BCUT2D eigenvalue weighted by atomic mass is 16.3. The molecule has 1 atom stereocenters. The lowest BCUT2D eigenvalue weighted by Crippen LogP contribution is -2.35. The molecule has 1 aliphatic rings. The van der Waals surface area contributed by atoms with Crippen LogP contribution in [0.1, 0.15) is 17.2 Å². The number of nitrogens with zero attached hydrogens (tertiary/aromatic N) is 3. The zero-order chi connectivity index (χ0) is 33.5. The van der Waals surface area contributed by atoms with Crippen LogP contribution in [0.5, 0.6) is 0 Å². The third-order valence-electron chi connectivity index (χ3n) is 10.4. The molecule has 0 bridgehead atoms. The Morgan fingerprint density at radius 3 is 1.96 bits per heavy atom. The molecule has 0 amide bonds. The number of hydrogen-bond donors (Lipinski definition) is 1. The number of nitrogens with one attached hydrogen (secondary N) is 1. The number of benzene rings is 7. The van der Waals surface area contributed by atoms with E-state index in [0.29, 0.717) is 0 Å². The Morgan fingerprint density at radius 1 is 0.510 bits per heavy atom. The molecule has 0 saturated carbocycles. The molecule has 4 heterocycles. The first-order chi connectivity index (χ1) is 25.3. The van der Waals surface area contributed by atoms with Crippen molar-refractivity contribution >= 4 is 77.2 Å². The van der Waals surface area contributed by atoms with Gasteiger partial charge in [-0.2, -0.15) is 0 Å². The third kappa shape index (κ3) is 4.12. The number of aliphatic imine (C=N–C) groups is 1. The fourth-order valence-electron chi connectivity index (χ4n) is 8.14. The summed E-state index contributed by atoms with van der Waals surface area (Å²) in [7, 11) is 0. The molecule has 0 aliphatic carbocycles. The summed E-state index contributed by atoms with van der Waals surface area (Å²) >= 11 is 0. The molecule has 240 valence electrons. The smallest absolute Gasteiger partial charge is 0.209 e. The first-order valence-electron chi connectivity index (χ1n) is 17.4. The molecule has 7 aromatic carbocycles. The Kier molecular flexibility index (Phi) is 5.95. The first-order valence-corrected chi connectivity index (χ1v) is 17.4. The third-order valence-corrected chi connectivity index (χ3v) is 10.4. The highest BCUT2D eigenvalue weighted by Crippen LogP contribution is 2.44. The Balaban J connectivity index is 1.31. The Hall–Kier alpha value is -6.85. The zero-order valence-corrected chi connectivity index (χ0v) is 27.5. The van der Waals surface area contributed by atoms with Gasteiger partial charge in [0.25, 0.3) is 0 Å². The molecule has 3 aromatic heterocycles. The number of rotatable bonds is 3. The van der Waals surface area contributed by atoms with Crippen LogP contribution in [0.3, 0.4) is 0 Å². The summed E-state index contributed by atoms with van der Waals surface area (Å²) in [6.07, 6.45) is 2.23. The molecule has 0 fully saturated rings. The van der Waals surface area contributed by atoms with E-state index in [0.717, 1.165) is 77.7 Å². The van der Waals surface area contributed by atoms with Crippen molar-refractivity contribution in [3.8, 4) is 5.69 Å². The van der Waals surface area contributed by atoms with E-state index < -0.39 is 0 Å². The van der Waals surface area contributed by atoms with Gasteiger partial charge in [0, 0.05) is 38.2 Å². The summed E-state index contributed by atoms with van der Waals surface area (Å²) in [4.78, 5) is 5.44. The molecule has 0 radical (unpaired) electrons. The van der Waals surface area contributed by atoms with E-state index in [9.17, 15) is 0 Å². The van der Waals surface area contributed by atoms with Crippen molar-refractivity contribution in [2.75, 3.05) is 0 Å². The van der Waals surface area contributed by atoms with Crippen LogP contribution in [0, 0.1) is 0 Å². The number of para-hydroxylation sites is 3. The van der Waals surface area contributed by atoms with Gasteiger partial charge in [0.1, 0.15) is 11.2 Å². The van der Waals surface area contributed by atoms with E-state index in [4.69, 9.17) is 9.41 Å². The normalized spacial score (nSPS) is 14.9. The summed E-state index contributed by atoms with van der Waals surface area (Å²) in [6, 6.07) is 57.6. The maximum absolute atomic E-state index is 6.74. The number of aromatic nitrogens is 2. The topological polar surface area (TPSA) is 47.4 Å². The van der Waals surface area contributed by atoms with E-state index in [1.807, 2.05) is 6.07 Å². The van der Waals surface area contributed by atoms with E-state index in [2.05, 4.69) is 178 Å². The summed E-state index contributed by atoms with van der Waals surface area (Å²) in [5, 5.41) is 10.7. The molecule has 51 heavy (non-hydrogen) atoms. The van der Waals surface area contributed by atoms with Crippen LogP contribution >= 0.6 is 0 Å². The summed E-state index contributed by atoms with van der Waals surface area (Å²) < 4.78 is 11.5. The van der Waals surface area contributed by atoms with Gasteiger partial charge in [-0.1, -0.05) is 115 Å². The van der Waals surface area contributed by atoms with Gasteiger partial charge in [-0.25, -0.2) is 4.99 Å². The first kappa shape index (κ1) is 28.0. The molecule has 10 aromatic rings. The lowest BCUT2D eigenvalue weighted by atomic mass is 10.0. The molecule has 5 heteroatoms. The average Bonchev–Trinajstić information content (AvgIpc) is 3.86. The van der Waals surface area contributed by atoms with Crippen molar-refractivity contribution in [2.24, 2.45) is 4.99 Å². The van der Waals surface area contributed by atoms with Gasteiger partial charge >= 0.3 is 0 Å². The highest BCUT2D eigenvalue weighted by Gasteiger charge is 2.27. The van der Waals surface area contributed by atoms with Gasteiger partial charge in [0.05, 0.1) is 39.2 Å². The van der Waals surface area contributed by atoms with Gasteiger partial charge in [-0.05, 0) is 60.2 Å². The molecule has 1 N–H and O–H groups in total. The second-order valence-corrected chi connectivity index (χ2v) is 13.2. The fraction of sp³-hybridized carbons (Fsp3) is 0.0217. The minimum absolute atomic E-state index is 0.0961. The van der Waals surface area contributed by atoms with Crippen LogP contribution in [0.25, 0.3) is 76.9 Å². The highest BCUT2D eigenvalue weighted by molar-refractivity contribution is 6.32. The van der Waals surface area contributed by atoms with Crippen LogP contribution in [0.4, 0.5) is 0 Å².